The highest BCUT2D eigenvalue weighted by Crippen LogP contribution is 2.45. The highest BCUT2D eigenvalue weighted by molar-refractivity contribution is 7.80. The average Bonchev–Trinajstić information content (AvgIpc) is 2.60. The first-order valence-electron chi connectivity index (χ1n) is 8.50. The number of anilines is 1. The third-order valence-corrected chi connectivity index (χ3v) is 5.25. The van der Waals surface area contributed by atoms with E-state index >= 15 is 0 Å². The molecule has 6 heteroatoms. The monoisotopic (exact) mass is 368 g/mol. The van der Waals surface area contributed by atoms with Gasteiger partial charge >= 0.3 is 5.97 Å². The van der Waals surface area contributed by atoms with Crippen molar-refractivity contribution in [1.82, 2.24) is 5.32 Å². The molecule has 0 spiro atoms. The molecular weight excluding hydrogens is 348 g/mol. The van der Waals surface area contributed by atoms with Crippen LogP contribution in [-0.4, -0.2) is 23.9 Å². The van der Waals surface area contributed by atoms with Crippen LogP contribution >= 0.6 is 12.2 Å². The Balaban J connectivity index is 1.76. The summed E-state index contributed by atoms with van der Waals surface area (Å²) in [6, 6.07) is 13.6. The summed E-state index contributed by atoms with van der Waals surface area (Å²) < 4.78 is 11.2. The van der Waals surface area contributed by atoms with E-state index < -0.39 is 5.72 Å². The molecule has 0 radical (unpaired) electrons. The lowest BCUT2D eigenvalue weighted by molar-refractivity contribution is 0.0494. The van der Waals surface area contributed by atoms with Gasteiger partial charge in [0.25, 0.3) is 0 Å². The van der Waals surface area contributed by atoms with Crippen molar-refractivity contribution >= 4 is 29.0 Å². The first-order valence-corrected chi connectivity index (χ1v) is 8.91. The van der Waals surface area contributed by atoms with Gasteiger partial charge in [0.05, 0.1) is 18.7 Å². The van der Waals surface area contributed by atoms with Gasteiger partial charge in [0.1, 0.15) is 5.75 Å². The van der Waals surface area contributed by atoms with Crippen LogP contribution in [-0.2, 0) is 4.74 Å². The van der Waals surface area contributed by atoms with Gasteiger partial charge in [0, 0.05) is 17.7 Å². The lowest BCUT2D eigenvalue weighted by atomic mass is 9.89. The second kappa shape index (κ2) is 5.99. The molecule has 1 fully saturated rings. The van der Waals surface area contributed by atoms with E-state index in [2.05, 4.69) is 24.4 Å². The van der Waals surface area contributed by atoms with Crippen LogP contribution in [0.15, 0.2) is 42.5 Å². The molecule has 4 rings (SSSR count). The van der Waals surface area contributed by atoms with E-state index in [4.69, 9.17) is 21.7 Å². The van der Waals surface area contributed by atoms with Crippen molar-refractivity contribution in [2.75, 3.05) is 12.0 Å². The normalized spacial score (nSPS) is 23.6. The number of nitrogens with one attached hydrogen (secondary N) is 1. The fourth-order valence-electron chi connectivity index (χ4n) is 3.78. The van der Waals surface area contributed by atoms with Crippen LogP contribution in [0.4, 0.5) is 5.69 Å². The molecule has 5 nitrogen and oxygen atoms in total. The molecule has 1 N–H and O–H groups in total. The Morgan fingerprint density at radius 3 is 2.88 bits per heavy atom. The molecule has 1 saturated heterocycles. The molecule has 26 heavy (non-hydrogen) atoms. The Kier molecular flexibility index (Phi) is 3.88. The predicted octanol–water partition coefficient (Wildman–Crippen LogP) is 3.72. The van der Waals surface area contributed by atoms with Crippen LogP contribution in [0, 0.1) is 6.92 Å². The number of thiocarbonyl (C=S) groups is 1. The van der Waals surface area contributed by atoms with E-state index in [9.17, 15) is 4.79 Å². The maximum Gasteiger partial charge on any atom is 0.337 e. The molecule has 0 amide bonds. The summed E-state index contributed by atoms with van der Waals surface area (Å²) in [4.78, 5) is 13.9. The fraction of sp³-hybridized carbons (Fsp3) is 0.300. The average molecular weight is 368 g/mol. The Labute approximate surface area is 157 Å². The standard InChI is InChI=1S/C20H20N2O3S/c1-12-5-4-6-14(9-12)22-19(26)21-16-11-20(22,2)25-17-8-7-13(10-15(16)17)18(23)24-3/h4-10,16H,11H2,1-3H3,(H,21,26)/t16-,20-/m1/s1. The SMILES string of the molecule is COC(=O)c1ccc2c(c1)[C@H]1C[C@@](C)(O2)N(c2cccc(C)c2)C(=S)N1. The molecule has 2 aromatic rings. The van der Waals surface area contributed by atoms with Crippen LogP contribution in [0.2, 0.25) is 0 Å². The van der Waals surface area contributed by atoms with Gasteiger partial charge in [-0.1, -0.05) is 12.1 Å². The van der Waals surface area contributed by atoms with Crippen molar-refractivity contribution in [3.05, 3.63) is 59.2 Å². The minimum atomic E-state index is -0.597. The van der Waals surface area contributed by atoms with E-state index in [-0.39, 0.29) is 12.0 Å². The van der Waals surface area contributed by atoms with Crippen LogP contribution in [0.25, 0.3) is 0 Å². The lowest BCUT2D eigenvalue weighted by Crippen LogP contribution is -2.65. The predicted molar refractivity (Wildman–Crippen MR) is 104 cm³/mol. The van der Waals surface area contributed by atoms with Crippen molar-refractivity contribution in [3.8, 4) is 5.75 Å². The van der Waals surface area contributed by atoms with Gasteiger partial charge in [-0.05, 0) is 62.0 Å². The molecule has 0 saturated carbocycles. The number of fused-ring (bicyclic) bond motifs is 4. The zero-order valence-electron chi connectivity index (χ0n) is 14.9. The third-order valence-electron chi connectivity index (χ3n) is 4.95. The number of esters is 1. The Hall–Kier alpha value is -2.60. The number of hydrogen-bond acceptors (Lipinski definition) is 4. The van der Waals surface area contributed by atoms with Crippen LogP contribution in [0.5, 0.6) is 5.75 Å². The highest BCUT2D eigenvalue weighted by atomic mass is 32.1. The summed E-state index contributed by atoms with van der Waals surface area (Å²) in [5, 5.41) is 4.02. The number of aryl methyl sites for hydroxylation is 1. The van der Waals surface area contributed by atoms with E-state index in [1.807, 2.05) is 36.1 Å². The zero-order valence-corrected chi connectivity index (χ0v) is 15.7. The largest absolute Gasteiger partial charge is 0.467 e. The zero-order chi connectivity index (χ0) is 18.5. The van der Waals surface area contributed by atoms with Crippen LogP contribution in [0.1, 0.15) is 40.9 Å². The van der Waals surface area contributed by atoms with E-state index in [0.29, 0.717) is 17.1 Å². The van der Waals surface area contributed by atoms with Gasteiger partial charge in [0.2, 0.25) is 0 Å². The molecular formula is C20H20N2O3S. The second-order valence-electron chi connectivity index (χ2n) is 6.90. The number of rotatable bonds is 2. The fourth-order valence-corrected chi connectivity index (χ4v) is 4.22. The quantitative estimate of drug-likeness (QED) is 0.644. The van der Waals surface area contributed by atoms with Gasteiger partial charge in [-0.25, -0.2) is 4.79 Å². The second-order valence-corrected chi connectivity index (χ2v) is 7.29. The third kappa shape index (κ3) is 2.61. The Morgan fingerprint density at radius 2 is 2.15 bits per heavy atom. The van der Waals surface area contributed by atoms with E-state index in [1.165, 1.54) is 7.11 Å². The van der Waals surface area contributed by atoms with E-state index in [1.54, 1.807) is 6.07 Å². The van der Waals surface area contributed by atoms with Crippen molar-refractivity contribution in [3.63, 3.8) is 0 Å². The summed E-state index contributed by atoms with van der Waals surface area (Å²) in [6.45, 7) is 4.10. The first-order chi connectivity index (χ1) is 12.4. The molecule has 2 aliphatic heterocycles. The van der Waals surface area contributed by atoms with Gasteiger partial charge in [0.15, 0.2) is 10.8 Å². The number of ether oxygens (including phenoxy) is 2. The van der Waals surface area contributed by atoms with E-state index in [0.717, 1.165) is 22.6 Å². The molecule has 0 unspecified atom stereocenters. The molecule has 2 heterocycles. The minimum absolute atomic E-state index is 0.0121. The van der Waals surface area contributed by atoms with Gasteiger partial charge in [-0.3, -0.25) is 4.90 Å². The smallest absolute Gasteiger partial charge is 0.337 e. The summed E-state index contributed by atoms with van der Waals surface area (Å²) in [5.41, 5.74) is 3.00. The highest BCUT2D eigenvalue weighted by Gasteiger charge is 2.48. The molecule has 2 aromatic carbocycles. The summed E-state index contributed by atoms with van der Waals surface area (Å²) >= 11 is 5.66. The first kappa shape index (κ1) is 16.8. The maximum absolute atomic E-state index is 11.9. The van der Waals surface area contributed by atoms with Gasteiger partial charge in [-0.15, -0.1) is 0 Å². The topological polar surface area (TPSA) is 50.8 Å². The molecule has 2 bridgehead atoms. The molecule has 134 valence electrons. The van der Waals surface area contributed by atoms with Crippen molar-refractivity contribution < 1.29 is 14.3 Å². The molecule has 2 atom stereocenters. The van der Waals surface area contributed by atoms with Crippen molar-refractivity contribution in [2.45, 2.75) is 32.0 Å². The van der Waals surface area contributed by atoms with Crippen molar-refractivity contribution in [1.29, 1.82) is 0 Å². The number of hydrogen-bond donors (Lipinski definition) is 1. The number of methoxy groups -OCH3 is 1. The van der Waals surface area contributed by atoms with Gasteiger partial charge in [-0.2, -0.15) is 0 Å². The minimum Gasteiger partial charge on any atom is -0.467 e. The Morgan fingerprint density at radius 1 is 1.35 bits per heavy atom. The molecule has 2 aliphatic rings. The maximum atomic E-state index is 11.9. The van der Waals surface area contributed by atoms with Gasteiger partial charge < -0.3 is 14.8 Å². The summed E-state index contributed by atoms with van der Waals surface area (Å²) in [6.07, 6.45) is 0.707. The van der Waals surface area contributed by atoms with Crippen LogP contribution in [0.3, 0.4) is 0 Å². The molecule has 0 aromatic heterocycles. The summed E-state index contributed by atoms with van der Waals surface area (Å²) in [5.74, 6) is 0.393. The summed E-state index contributed by atoms with van der Waals surface area (Å²) in [7, 11) is 1.38. The number of nitrogens with zero attached hydrogens (tertiary/aromatic N) is 1. The number of carbonyl (C=O) groups excluding carboxylic acids is 1. The Bertz CT molecular complexity index is 914. The number of carbonyl (C=O) groups is 1. The van der Waals surface area contributed by atoms with Crippen molar-refractivity contribution in [2.24, 2.45) is 0 Å². The number of benzene rings is 2. The lowest BCUT2D eigenvalue weighted by Gasteiger charge is -2.52. The molecule has 0 aliphatic carbocycles. The van der Waals surface area contributed by atoms with Crippen LogP contribution < -0.4 is 15.0 Å².